The summed E-state index contributed by atoms with van der Waals surface area (Å²) in [5.74, 6) is 2.17. The van der Waals surface area contributed by atoms with Crippen LogP contribution in [0.3, 0.4) is 0 Å². The summed E-state index contributed by atoms with van der Waals surface area (Å²) in [6, 6.07) is 12.0. The first-order valence-corrected chi connectivity index (χ1v) is 9.68. The van der Waals surface area contributed by atoms with E-state index in [1.54, 1.807) is 6.26 Å². The van der Waals surface area contributed by atoms with Gasteiger partial charge in [0, 0.05) is 23.6 Å². The summed E-state index contributed by atoms with van der Waals surface area (Å²) in [4.78, 5) is 17.6. The minimum Gasteiger partial charge on any atom is -0.469 e. The fourth-order valence-electron chi connectivity index (χ4n) is 4.25. The lowest BCUT2D eigenvalue weighted by Crippen LogP contribution is -2.33. The molecule has 0 spiro atoms. The summed E-state index contributed by atoms with van der Waals surface area (Å²) in [7, 11) is 0. The molecule has 3 aromatic rings. The maximum Gasteiger partial charge on any atom is 0.226 e. The Morgan fingerprint density at radius 3 is 2.71 bits per heavy atom. The molecule has 1 aromatic carbocycles. The van der Waals surface area contributed by atoms with E-state index < -0.39 is 0 Å². The van der Waals surface area contributed by atoms with Gasteiger partial charge in [-0.3, -0.25) is 4.79 Å². The minimum absolute atomic E-state index is 0.0483. The molecule has 0 saturated heterocycles. The zero-order chi connectivity index (χ0) is 19.3. The molecular weight excluding hydrogens is 352 g/mol. The Labute approximate surface area is 163 Å². The number of rotatable bonds is 3. The van der Waals surface area contributed by atoms with Gasteiger partial charge in [0.2, 0.25) is 5.95 Å². The highest BCUT2D eigenvalue weighted by atomic mass is 16.3. The smallest absolute Gasteiger partial charge is 0.226 e. The lowest BCUT2D eigenvalue weighted by molar-refractivity contribution is -0.117. The third-order valence-corrected chi connectivity index (χ3v) is 5.73. The standard InChI is InChI=1S/C22H22N4O2/c1-13(2)14-5-7-15(8-6-14)21-20-17(25-22-23-12-24-26(21)22)10-16(11-18(20)27)19-4-3-9-28-19/h3-9,12-13,16,21H,10-11H2,1-2H3,(H,23,24,25)/t16-,21-/m1/s1. The molecule has 142 valence electrons. The van der Waals surface area contributed by atoms with Gasteiger partial charge in [0.1, 0.15) is 18.1 Å². The molecule has 6 nitrogen and oxygen atoms in total. The number of fused-ring (bicyclic) bond motifs is 1. The number of Topliss-reactive ketones (excluding diaryl/α,β-unsaturated/α-hetero) is 1. The Bertz CT molecular complexity index is 1040. The van der Waals surface area contributed by atoms with Crippen LogP contribution in [0, 0.1) is 0 Å². The molecule has 2 atom stereocenters. The van der Waals surface area contributed by atoms with E-state index in [0.717, 1.165) is 29.0 Å². The second-order valence-electron chi connectivity index (χ2n) is 7.81. The Kier molecular flexibility index (Phi) is 3.93. The van der Waals surface area contributed by atoms with Crippen LogP contribution in [0.15, 0.2) is 64.7 Å². The van der Waals surface area contributed by atoms with Crippen molar-refractivity contribution in [2.24, 2.45) is 0 Å². The molecule has 0 unspecified atom stereocenters. The summed E-state index contributed by atoms with van der Waals surface area (Å²) < 4.78 is 7.38. The first kappa shape index (κ1) is 17.0. The molecule has 1 aliphatic carbocycles. The van der Waals surface area contributed by atoms with Crippen molar-refractivity contribution in [2.75, 3.05) is 5.32 Å². The van der Waals surface area contributed by atoms with Gasteiger partial charge in [0.05, 0.1) is 6.26 Å². The molecule has 2 aromatic heterocycles. The molecule has 3 heterocycles. The van der Waals surface area contributed by atoms with E-state index in [2.05, 4.69) is 53.5 Å². The molecule has 0 fully saturated rings. The SMILES string of the molecule is CC(C)c1ccc([C@@H]2C3=C(C[C@@H](c4ccco4)CC3=O)Nc3ncnn32)cc1. The number of carbonyl (C=O) groups is 1. The van der Waals surface area contributed by atoms with Crippen LogP contribution in [0.4, 0.5) is 5.95 Å². The molecule has 28 heavy (non-hydrogen) atoms. The van der Waals surface area contributed by atoms with Crippen LogP contribution in [0.25, 0.3) is 0 Å². The van der Waals surface area contributed by atoms with Crippen LogP contribution in [0.2, 0.25) is 0 Å². The van der Waals surface area contributed by atoms with Gasteiger partial charge < -0.3 is 9.73 Å². The zero-order valence-electron chi connectivity index (χ0n) is 15.9. The molecule has 1 N–H and O–H groups in total. The zero-order valence-corrected chi connectivity index (χ0v) is 15.9. The quantitative estimate of drug-likeness (QED) is 0.735. The van der Waals surface area contributed by atoms with E-state index in [9.17, 15) is 4.79 Å². The van der Waals surface area contributed by atoms with E-state index in [4.69, 9.17) is 4.42 Å². The molecule has 6 heteroatoms. The lowest BCUT2D eigenvalue weighted by Gasteiger charge is -2.34. The monoisotopic (exact) mass is 374 g/mol. The largest absolute Gasteiger partial charge is 0.469 e. The highest BCUT2D eigenvalue weighted by Gasteiger charge is 2.39. The number of nitrogens with one attached hydrogen (secondary N) is 1. The Hall–Kier alpha value is -3.15. The van der Waals surface area contributed by atoms with Crippen molar-refractivity contribution < 1.29 is 9.21 Å². The van der Waals surface area contributed by atoms with Gasteiger partial charge in [-0.25, -0.2) is 4.68 Å². The molecule has 1 aliphatic heterocycles. The number of allylic oxidation sites excluding steroid dienone is 2. The van der Waals surface area contributed by atoms with Gasteiger partial charge in [-0.2, -0.15) is 10.1 Å². The number of benzene rings is 1. The van der Waals surface area contributed by atoms with Crippen LogP contribution >= 0.6 is 0 Å². The Balaban J connectivity index is 1.58. The van der Waals surface area contributed by atoms with Crippen LogP contribution in [-0.4, -0.2) is 20.5 Å². The number of aromatic nitrogens is 3. The van der Waals surface area contributed by atoms with Crippen molar-refractivity contribution in [3.63, 3.8) is 0 Å². The van der Waals surface area contributed by atoms with Gasteiger partial charge in [0.15, 0.2) is 5.78 Å². The normalized spacial score (nSPS) is 21.5. The summed E-state index contributed by atoms with van der Waals surface area (Å²) in [6.07, 6.45) is 4.36. The van der Waals surface area contributed by atoms with E-state index >= 15 is 0 Å². The summed E-state index contributed by atoms with van der Waals surface area (Å²) in [5, 5.41) is 7.74. The number of ketones is 1. The minimum atomic E-state index is -0.250. The first-order valence-electron chi connectivity index (χ1n) is 9.68. The molecule has 5 rings (SSSR count). The van der Waals surface area contributed by atoms with Crippen LogP contribution < -0.4 is 5.32 Å². The summed E-state index contributed by atoms with van der Waals surface area (Å²) in [6.45, 7) is 4.35. The highest BCUT2D eigenvalue weighted by Crippen LogP contribution is 2.43. The number of nitrogens with zero attached hydrogens (tertiary/aromatic N) is 3. The fraction of sp³-hybridized carbons (Fsp3) is 0.318. The number of hydrogen-bond donors (Lipinski definition) is 1. The van der Waals surface area contributed by atoms with Crippen molar-refractivity contribution >= 4 is 11.7 Å². The Morgan fingerprint density at radius 2 is 2.00 bits per heavy atom. The van der Waals surface area contributed by atoms with E-state index in [-0.39, 0.29) is 17.7 Å². The van der Waals surface area contributed by atoms with Gasteiger partial charge >= 0.3 is 0 Å². The molecule has 0 bridgehead atoms. The van der Waals surface area contributed by atoms with Crippen molar-refractivity contribution in [2.45, 2.75) is 44.6 Å². The maximum atomic E-state index is 13.2. The number of hydrogen-bond acceptors (Lipinski definition) is 5. The molecule has 0 saturated carbocycles. The van der Waals surface area contributed by atoms with Gasteiger partial charge in [-0.1, -0.05) is 38.1 Å². The predicted molar refractivity (Wildman–Crippen MR) is 105 cm³/mol. The van der Waals surface area contributed by atoms with E-state index in [0.29, 0.717) is 18.3 Å². The molecule has 0 radical (unpaired) electrons. The van der Waals surface area contributed by atoms with Gasteiger partial charge in [-0.05, 0) is 35.6 Å². The van der Waals surface area contributed by atoms with Crippen LogP contribution in [0.5, 0.6) is 0 Å². The van der Waals surface area contributed by atoms with E-state index in [1.807, 2.05) is 16.8 Å². The van der Waals surface area contributed by atoms with Crippen molar-refractivity contribution in [3.8, 4) is 0 Å². The van der Waals surface area contributed by atoms with Crippen LogP contribution in [0.1, 0.15) is 61.5 Å². The molecule has 0 amide bonds. The second-order valence-corrected chi connectivity index (χ2v) is 7.81. The van der Waals surface area contributed by atoms with Crippen molar-refractivity contribution in [3.05, 3.63) is 77.1 Å². The third kappa shape index (κ3) is 2.68. The van der Waals surface area contributed by atoms with Gasteiger partial charge in [-0.15, -0.1) is 0 Å². The topological polar surface area (TPSA) is 73.0 Å². The fourth-order valence-corrected chi connectivity index (χ4v) is 4.25. The number of furan rings is 1. The predicted octanol–water partition coefficient (Wildman–Crippen LogP) is 4.41. The first-order chi connectivity index (χ1) is 13.6. The second kappa shape index (κ2) is 6.48. The molecular formula is C22H22N4O2. The maximum absolute atomic E-state index is 13.2. The van der Waals surface area contributed by atoms with Crippen molar-refractivity contribution in [1.29, 1.82) is 0 Å². The number of carbonyl (C=O) groups excluding carboxylic acids is 1. The number of anilines is 1. The van der Waals surface area contributed by atoms with Gasteiger partial charge in [0.25, 0.3) is 0 Å². The summed E-state index contributed by atoms with van der Waals surface area (Å²) in [5.41, 5.74) is 4.04. The Morgan fingerprint density at radius 1 is 1.18 bits per heavy atom. The molecule has 2 aliphatic rings. The average Bonchev–Trinajstić information content (AvgIpc) is 3.38. The highest BCUT2D eigenvalue weighted by molar-refractivity contribution is 6.00. The lowest BCUT2D eigenvalue weighted by atomic mass is 9.79. The van der Waals surface area contributed by atoms with Crippen molar-refractivity contribution in [1.82, 2.24) is 14.8 Å². The third-order valence-electron chi connectivity index (χ3n) is 5.73. The average molecular weight is 374 g/mol. The summed E-state index contributed by atoms with van der Waals surface area (Å²) >= 11 is 0. The van der Waals surface area contributed by atoms with Crippen LogP contribution in [-0.2, 0) is 4.79 Å². The van der Waals surface area contributed by atoms with E-state index in [1.165, 1.54) is 11.9 Å².